The fraction of sp³-hybridized carbons (Fsp3) is 0.200. The van der Waals surface area contributed by atoms with Gasteiger partial charge in [-0.25, -0.2) is 8.78 Å². The van der Waals surface area contributed by atoms with Crippen molar-refractivity contribution in [1.29, 1.82) is 0 Å². The number of rotatable bonds is 1. The van der Waals surface area contributed by atoms with Crippen LogP contribution in [0.2, 0.25) is 5.02 Å². The van der Waals surface area contributed by atoms with Crippen molar-refractivity contribution in [2.75, 3.05) is 0 Å². The lowest BCUT2D eigenvalue weighted by molar-refractivity contribution is 0.0652. The van der Waals surface area contributed by atoms with Crippen molar-refractivity contribution in [3.63, 3.8) is 0 Å². The zero-order valence-electron chi connectivity index (χ0n) is 10.3. The molecule has 5 heteroatoms. The molecule has 0 amide bonds. The lowest BCUT2D eigenvalue weighted by Crippen LogP contribution is -2.19. The predicted octanol–water partition coefficient (Wildman–Crippen LogP) is 4.18. The van der Waals surface area contributed by atoms with Gasteiger partial charge in [-0.05, 0) is 42.0 Å². The van der Waals surface area contributed by atoms with Crippen LogP contribution in [-0.2, 0) is 0 Å². The number of halogens is 3. The van der Waals surface area contributed by atoms with Gasteiger partial charge in [-0.2, -0.15) is 0 Å². The molecule has 2 atom stereocenters. The maximum absolute atomic E-state index is 13.4. The number of aliphatic hydroxyl groups is 1. The van der Waals surface area contributed by atoms with Crippen molar-refractivity contribution in [3.8, 4) is 5.75 Å². The monoisotopic (exact) mass is 296 g/mol. The zero-order valence-corrected chi connectivity index (χ0v) is 11.1. The summed E-state index contributed by atoms with van der Waals surface area (Å²) in [4.78, 5) is 0. The summed E-state index contributed by atoms with van der Waals surface area (Å²) in [5.74, 6) is -0.496. The Kier molecular flexibility index (Phi) is 3.36. The molecule has 0 bridgehead atoms. The molecule has 0 aliphatic carbocycles. The van der Waals surface area contributed by atoms with Gasteiger partial charge in [0.15, 0.2) is 0 Å². The van der Waals surface area contributed by atoms with Crippen LogP contribution in [0.25, 0.3) is 0 Å². The van der Waals surface area contributed by atoms with Gasteiger partial charge < -0.3 is 9.84 Å². The van der Waals surface area contributed by atoms with E-state index in [2.05, 4.69) is 0 Å². The highest BCUT2D eigenvalue weighted by Crippen LogP contribution is 2.41. The van der Waals surface area contributed by atoms with Crippen LogP contribution in [0.3, 0.4) is 0 Å². The maximum atomic E-state index is 13.4. The van der Waals surface area contributed by atoms with Gasteiger partial charge >= 0.3 is 0 Å². The second-order valence-electron chi connectivity index (χ2n) is 4.74. The summed E-state index contributed by atoms with van der Waals surface area (Å²) in [6.07, 6.45) is -1.16. The molecule has 1 unspecified atom stereocenters. The molecule has 104 valence electrons. The maximum Gasteiger partial charge on any atom is 0.127 e. The Bertz CT molecular complexity index is 640. The number of benzene rings is 2. The third-order valence-electron chi connectivity index (χ3n) is 3.29. The Morgan fingerprint density at radius 2 is 1.90 bits per heavy atom. The van der Waals surface area contributed by atoms with Crippen LogP contribution in [0.1, 0.15) is 29.8 Å². The highest BCUT2D eigenvalue weighted by atomic mass is 35.5. The Morgan fingerprint density at radius 3 is 2.65 bits per heavy atom. The minimum Gasteiger partial charge on any atom is -0.485 e. The highest BCUT2D eigenvalue weighted by Gasteiger charge is 2.28. The summed E-state index contributed by atoms with van der Waals surface area (Å²) >= 11 is 5.82. The van der Waals surface area contributed by atoms with Gasteiger partial charge in [-0.1, -0.05) is 11.6 Å². The van der Waals surface area contributed by atoms with Crippen molar-refractivity contribution in [1.82, 2.24) is 0 Å². The van der Waals surface area contributed by atoms with Crippen molar-refractivity contribution in [2.45, 2.75) is 18.6 Å². The van der Waals surface area contributed by atoms with Crippen molar-refractivity contribution in [2.24, 2.45) is 0 Å². The molecular formula is C15H11ClF2O2. The smallest absolute Gasteiger partial charge is 0.127 e. The van der Waals surface area contributed by atoms with E-state index < -0.39 is 23.8 Å². The SMILES string of the molecule is O[C@H]1CC(c2cc(F)cc(Cl)c2)Oc2ccc(F)cc21. The van der Waals surface area contributed by atoms with E-state index in [1.807, 2.05) is 0 Å². The quantitative estimate of drug-likeness (QED) is 0.855. The molecule has 0 saturated heterocycles. The van der Waals surface area contributed by atoms with Crippen molar-refractivity contribution < 1.29 is 18.6 Å². The molecule has 2 aromatic carbocycles. The van der Waals surface area contributed by atoms with Gasteiger partial charge in [0.2, 0.25) is 0 Å². The van der Waals surface area contributed by atoms with Gasteiger partial charge in [0.25, 0.3) is 0 Å². The van der Waals surface area contributed by atoms with Gasteiger partial charge in [0.1, 0.15) is 23.5 Å². The van der Waals surface area contributed by atoms with E-state index in [0.717, 1.165) is 0 Å². The van der Waals surface area contributed by atoms with Crippen LogP contribution in [0, 0.1) is 11.6 Å². The topological polar surface area (TPSA) is 29.5 Å². The third kappa shape index (κ3) is 2.49. The first kappa shape index (κ1) is 13.3. The van der Waals surface area contributed by atoms with E-state index in [-0.39, 0.29) is 11.4 Å². The summed E-state index contributed by atoms with van der Waals surface area (Å²) in [6, 6.07) is 8.07. The van der Waals surface area contributed by atoms with Gasteiger partial charge in [0, 0.05) is 17.0 Å². The molecule has 2 aromatic rings. The second-order valence-corrected chi connectivity index (χ2v) is 5.18. The number of fused-ring (bicyclic) bond motifs is 1. The first-order valence-electron chi connectivity index (χ1n) is 6.13. The zero-order chi connectivity index (χ0) is 14.3. The molecule has 20 heavy (non-hydrogen) atoms. The molecule has 1 N–H and O–H groups in total. The van der Waals surface area contributed by atoms with E-state index in [4.69, 9.17) is 16.3 Å². The fourth-order valence-corrected chi connectivity index (χ4v) is 2.61. The first-order chi connectivity index (χ1) is 9.52. The molecule has 1 heterocycles. The van der Waals surface area contributed by atoms with Gasteiger partial charge in [-0.3, -0.25) is 0 Å². The molecule has 0 aromatic heterocycles. The molecule has 0 radical (unpaired) electrons. The van der Waals surface area contributed by atoms with E-state index in [1.54, 1.807) is 6.07 Å². The normalized spacial score (nSPS) is 21.2. The van der Waals surface area contributed by atoms with Gasteiger partial charge in [-0.15, -0.1) is 0 Å². The average molecular weight is 297 g/mol. The molecular weight excluding hydrogens is 286 g/mol. The summed E-state index contributed by atoms with van der Waals surface area (Å²) in [7, 11) is 0. The lowest BCUT2D eigenvalue weighted by Gasteiger charge is -2.30. The average Bonchev–Trinajstić information content (AvgIpc) is 2.38. The van der Waals surface area contributed by atoms with Crippen LogP contribution in [0.15, 0.2) is 36.4 Å². The van der Waals surface area contributed by atoms with Crippen molar-refractivity contribution in [3.05, 3.63) is 64.2 Å². The molecule has 0 spiro atoms. The van der Waals surface area contributed by atoms with Crippen LogP contribution < -0.4 is 4.74 Å². The predicted molar refractivity (Wildman–Crippen MR) is 70.8 cm³/mol. The Labute approximate surface area is 119 Å². The van der Waals surface area contributed by atoms with Crippen LogP contribution >= 0.6 is 11.6 Å². The molecule has 0 fully saturated rings. The fourth-order valence-electron chi connectivity index (χ4n) is 2.38. The van der Waals surface area contributed by atoms with E-state index in [9.17, 15) is 13.9 Å². The molecule has 1 aliphatic rings. The van der Waals surface area contributed by atoms with E-state index in [0.29, 0.717) is 16.9 Å². The highest BCUT2D eigenvalue weighted by molar-refractivity contribution is 6.30. The number of ether oxygens (including phenoxy) is 1. The van der Waals surface area contributed by atoms with Crippen molar-refractivity contribution >= 4 is 11.6 Å². The summed E-state index contributed by atoms with van der Waals surface area (Å²) < 4.78 is 32.2. The first-order valence-corrected chi connectivity index (χ1v) is 6.51. The molecule has 2 nitrogen and oxygen atoms in total. The number of hydrogen-bond acceptors (Lipinski definition) is 2. The molecule has 0 saturated carbocycles. The summed E-state index contributed by atoms with van der Waals surface area (Å²) in [5, 5.41) is 10.3. The number of aliphatic hydroxyl groups excluding tert-OH is 1. The van der Waals surface area contributed by atoms with Crippen LogP contribution in [0.4, 0.5) is 8.78 Å². The Hall–Kier alpha value is -1.65. The standard InChI is InChI=1S/C15H11ClF2O2/c16-9-3-8(4-11(18)5-9)15-7-13(19)12-6-10(17)1-2-14(12)20-15/h1-6,13,15,19H,7H2/t13-,15?/m0/s1. The van der Waals surface area contributed by atoms with E-state index >= 15 is 0 Å². The lowest BCUT2D eigenvalue weighted by atomic mass is 9.95. The Balaban J connectivity index is 1.96. The number of hydrogen-bond donors (Lipinski definition) is 1. The largest absolute Gasteiger partial charge is 0.485 e. The van der Waals surface area contributed by atoms with Crippen LogP contribution in [-0.4, -0.2) is 5.11 Å². The second kappa shape index (κ2) is 5.04. The minimum absolute atomic E-state index is 0.218. The molecule has 1 aliphatic heterocycles. The summed E-state index contributed by atoms with van der Waals surface area (Å²) in [6.45, 7) is 0. The Morgan fingerprint density at radius 1 is 1.10 bits per heavy atom. The minimum atomic E-state index is -0.860. The summed E-state index contributed by atoms with van der Waals surface area (Å²) in [5.41, 5.74) is 0.952. The third-order valence-corrected chi connectivity index (χ3v) is 3.51. The van der Waals surface area contributed by atoms with E-state index in [1.165, 1.54) is 30.3 Å². The van der Waals surface area contributed by atoms with Crippen LogP contribution in [0.5, 0.6) is 5.75 Å². The molecule has 3 rings (SSSR count). The van der Waals surface area contributed by atoms with Gasteiger partial charge in [0.05, 0.1) is 6.10 Å².